The van der Waals surface area contributed by atoms with Gasteiger partial charge < -0.3 is 5.11 Å². The van der Waals surface area contributed by atoms with Crippen molar-refractivity contribution in [2.24, 2.45) is 0 Å². The Morgan fingerprint density at radius 1 is 1.00 bits per heavy atom. The Morgan fingerprint density at radius 3 is 2.10 bits per heavy atom. The van der Waals surface area contributed by atoms with Gasteiger partial charge in [0.1, 0.15) is 0 Å². The average molecular weight is 272 g/mol. The zero-order valence-electron chi connectivity index (χ0n) is 13.8. The Morgan fingerprint density at radius 2 is 1.55 bits per heavy atom. The molecular weight excluding hydrogens is 244 g/mol. The van der Waals surface area contributed by atoms with E-state index in [0.29, 0.717) is 10.8 Å². The number of fused-ring (bicyclic) bond motifs is 1. The second-order valence-corrected chi connectivity index (χ2v) is 6.75. The van der Waals surface area contributed by atoms with E-state index in [2.05, 4.69) is 57.7 Å². The van der Waals surface area contributed by atoms with Crippen LogP contribution in [0, 0.1) is 11.8 Å². The Hall–Kier alpha value is -1.26. The third-order valence-electron chi connectivity index (χ3n) is 4.39. The van der Waals surface area contributed by atoms with Crippen LogP contribution in [-0.4, -0.2) is 12.2 Å². The summed E-state index contributed by atoms with van der Waals surface area (Å²) in [6.07, 6.45) is 3.43. The molecule has 0 spiro atoms. The van der Waals surface area contributed by atoms with E-state index in [0.717, 1.165) is 13.5 Å². The molecule has 1 aliphatic rings. The Balaban J connectivity index is 0.000000956. The molecule has 0 aromatic heterocycles. The van der Waals surface area contributed by atoms with Gasteiger partial charge in [0.25, 0.3) is 0 Å². The second-order valence-electron chi connectivity index (χ2n) is 6.75. The minimum absolute atomic E-state index is 0.306. The van der Waals surface area contributed by atoms with Crippen molar-refractivity contribution in [1.29, 1.82) is 0 Å². The molecule has 0 amide bonds. The summed E-state index contributed by atoms with van der Waals surface area (Å²) in [6.45, 7) is 11.4. The summed E-state index contributed by atoms with van der Waals surface area (Å²) in [6, 6.07) is 6.98. The Labute approximate surface area is 124 Å². The average Bonchev–Trinajstić information content (AvgIpc) is 2.44. The lowest BCUT2D eigenvalue weighted by Crippen LogP contribution is -2.33. The van der Waals surface area contributed by atoms with E-state index in [1.807, 2.05) is 6.92 Å². The van der Waals surface area contributed by atoms with E-state index in [1.165, 1.54) is 29.5 Å². The van der Waals surface area contributed by atoms with Crippen LogP contribution in [0.5, 0.6) is 0 Å². The lowest BCUT2D eigenvalue weighted by atomic mass is 9.63. The first-order valence-electron chi connectivity index (χ1n) is 7.35. The van der Waals surface area contributed by atoms with Crippen molar-refractivity contribution >= 4 is 0 Å². The highest BCUT2D eigenvalue weighted by molar-refractivity contribution is 5.44. The molecule has 1 heteroatoms. The molecule has 1 nitrogen and oxygen atoms in total. The fourth-order valence-electron chi connectivity index (χ4n) is 2.94. The van der Waals surface area contributed by atoms with Gasteiger partial charge in [-0.3, -0.25) is 0 Å². The van der Waals surface area contributed by atoms with Crippen molar-refractivity contribution in [2.45, 2.75) is 64.7 Å². The fraction of sp³-hybridized carbons (Fsp3) is 0.579. The Kier molecular flexibility index (Phi) is 5.42. The third kappa shape index (κ3) is 3.44. The molecule has 1 aliphatic carbocycles. The van der Waals surface area contributed by atoms with E-state index in [4.69, 9.17) is 5.11 Å². The summed E-state index contributed by atoms with van der Waals surface area (Å²) < 4.78 is 0. The lowest BCUT2D eigenvalue weighted by Gasteiger charge is -2.42. The molecule has 0 unspecified atom stereocenters. The van der Waals surface area contributed by atoms with Gasteiger partial charge in [-0.25, -0.2) is 0 Å². The van der Waals surface area contributed by atoms with E-state index < -0.39 is 0 Å². The summed E-state index contributed by atoms with van der Waals surface area (Å²) in [5, 5.41) is 7.00. The normalized spacial score (nSPS) is 17.9. The van der Waals surface area contributed by atoms with Gasteiger partial charge in [-0.2, -0.15) is 0 Å². The molecule has 0 saturated carbocycles. The first kappa shape index (κ1) is 16.8. The smallest absolute Gasteiger partial charge is 0.0340 e. The van der Waals surface area contributed by atoms with Crippen LogP contribution >= 0.6 is 0 Å². The summed E-state index contributed by atoms with van der Waals surface area (Å²) in [7, 11) is 1.00. The predicted octanol–water partition coefficient (Wildman–Crippen LogP) is 4.21. The standard InChI is InChI=1S/C18H24.CH4O/c1-6-7-8-14-9-10-15-16(13-14)18(4,5)12-11-17(15,2)3;1-2/h9-10,13H,8,11-12H2,1-5H3;2H,1H3. The third-order valence-corrected chi connectivity index (χ3v) is 4.39. The maximum atomic E-state index is 7.00. The van der Waals surface area contributed by atoms with Crippen LogP contribution in [0.25, 0.3) is 0 Å². The van der Waals surface area contributed by atoms with Crippen molar-refractivity contribution in [2.75, 3.05) is 7.11 Å². The zero-order valence-corrected chi connectivity index (χ0v) is 13.8. The van der Waals surface area contributed by atoms with Crippen molar-refractivity contribution in [1.82, 2.24) is 0 Å². The van der Waals surface area contributed by atoms with E-state index in [9.17, 15) is 0 Å². The number of hydrogen-bond acceptors (Lipinski definition) is 1. The van der Waals surface area contributed by atoms with Gasteiger partial charge in [-0.1, -0.05) is 51.8 Å². The number of rotatable bonds is 1. The van der Waals surface area contributed by atoms with Crippen LogP contribution < -0.4 is 0 Å². The molecule has 0 heterocycles. The highest BCUT2D eigenvalue weighted by atomic mass is 16.2. The van der Waals surface area contributed by atoms with Gasteiger partial charge in [-0.05, 0) is 47.3 Å². The van der Waals surface area contributed by atoms with Crippen LogP contribution in [-0.2, 0) is 17.3 Å². The van der Waals surface area contributed by atoms with Gasteiger partial charge in [0, 0.05) is 13.5 Å². The largest absolute Gasteiger partial charge is 0.400 e. The van der Waals surface area contributed by atoms with Crippen molar-refractivity contribution in [3.05, 3.63) is 34.9 Å². The lowest BCUT2D eigenvalue weighted by molar-refractivity contribution is 0.331. The van der Waals surface area contributed by atoms with E-state index in [-0.39, 0.29) is 0 Å². The van der Waals surface area contributed by atoms with Gasteiger partial charge >= 0.3 is 0 Å². The van der Waals surface area contributed by atoms with Crippen molar-refractivity contribution in [3.63, 3.8) is 0 Å². The van der Waals surface area contributed by atoms with Crippen LogP contribution in [0.2, 0.25) is 0 Å². The molecule has 1 aromatic carbocycles. The monoisotopic (exact) mass is 272 g/mol. The van der Waals surface area contributed by atoms with E-state index >= 15 is 0 Å². The molecular formula is C19H28O. The van der Waals surface area contributed by atoms with Crippen LogP contribution in [0.3, 0.4) is 0 Å². The number of benzene rings is 1. The highest BCUT2D eigenvalue weighted by Gasteiger charge is 2.36. The first-order chi connectivity index (χ1) is 9.37. The van der Waals surface area contributed by atoms with Crippen LogP contribution in [0.15, 0.2) is 18.2 Å². The topological polar surface area (TPSA) is 20.2 Å². The minimum atomic E-state index is 0.306. The summed E-state index contributed by atoms with van der Waals surface area (Å²) in [5.41, 5.74) is 5.05. The van der Waals surface area contributed by atoms with Gasteiger partial charge in [0.15, 0.2) is 0 Å². The minimum Gasteiger partial charge on any atom is -0.400 e. The molecule has 0 atom stereocenters. The maximum absolute atomic E-state index is 7.00. The van der Waals surface area contributed by atoms with Gasteiger partial charge in [0.2, 0.25) is 0 Å². The Bertz CT molecular complexity index is 512. The molecule has 20 heavy (non-hydrogen) atoms. The molecule has 1 N–H and O–H groups in total. The molecule has 0 bridgehead atoms. The van der Waals surface area contributed by atoms with Crippen molar-refractivity contribution < 1.29 is 5.11 Å². The van der Waals surface area contributed by atoms with Crippen LogP contribution in [0.1, 0.15) is 64.2 Å². The summed E-state index contributed by atoms with van der Waals surface area (Å²) in [4.78, 5) is 0. The van der Waals surface area contributed by atoms with Gasteiger partial charge in [-0.15, -0.1) is 5.92 Å². The molecule has 0 radical (unpaired) electrons. The highest BCUT2D eigenvalue weighted by Crippen LogP contribution is 2.45. The molecule has 1 aromatic rings. The quantitative estimate of drug-likeness (QED) is 0.759. The zero-order chi connectivity index (χ0) is 15.4. The SMILES string of the molecule is CC#CCc1ccc2c(c1)C(C)(C)CCC2(C)C.CO. The molecule has 110 valence electrons. The summed E-state index contributed by atoms with van der Waals surface area (Å²) in [5.74, 6) is 6.15. The van der Waals surface area contributed by atoms with Crippen LogP contribution in [0.4, 0.5) is 0 Å². The molecule has 2 rings (SSSR count). The predicted molar refractivity (Wildman–Crippen MR) is 87.0 cm³/mol. The number of aliphatic hydroxyl groups excluding tert-OH is 1. The molecule has 0 saturated heterocycles. The van der Waals surface area contributed by atoms with Gasteiger partial charge in [0.05, 0.1) is 0 Å². The summed E-state index contributed by atoms with van der Waals surface area (Å²) >= 11 is 0. The number of aliphatic hydroxyl groups is 1. The fourth-order valence-corrected chi connectivity index (χ4v) is 2.94. The maximum Gasteiger partial charge on any atom is 0.0340 e. The van der Waals surface area contributed by atoms with Crippen molar-refractivity contribution in [3.8, 4) is 11.8 Å². The first-order valence-corrected chi connectivity index (χ1v) is 7.35. The molecule has 0 aliphatic heterocycles. The second kappa shape index (κ2) is 6.46. The molecule has 0 fully saturated rings. The number of hydrogen-bond donors (Lipinski definition) is 1. The van der Waals surface area contributed by atoms with E-state index in [1.54, 1.807) is 0 Å².